The van der Waals surface area contributed by atoms with Crippen LogP contribution in [-0.4, -0.2) is 12.4 Å². The average molecular weight is 181 g/mol. The Labute approximate surface area is 75.7 Å². The lowest BCUT2D eigenvalue weighted by atomic mass is 10.2. The largest absolute Gasteiger partial charge is 0.383 e. The smallest absolute Gasteiger partial charge is 0.129 e. The zero-order chi connectivity index (χ0) is 8.97. The van der Waals surface area contributed by atoms with Crippen molar-refractivity contribution in [2.75, 3.05) is 6.54 Å². The molecule has 0 spiro atoms. The van der Waals surface area contributed by atoms with E-state index < -0.39 is 0 Å². The van der Waals surface area contributed by atoms with Gasteiger partial charge in [-0.15, -0.1) is 0 Å². The highest BCUT2D eigenvalue weighted by Crippen LogP contribution is 2.20. The van der Waals surface area contributed by atoms with Crippen molar-refractivity contribution in [3.63, 3.8) is 0 Å². The summed E-state index contributed by atoms with van der Waals surface area (Å²) in [6.45, 7) is 0.513. The van der Waals surface area contributed by atoms with Crippen LogP contribution in [0.2, 0.25) is 0 Å². The monoisotopic (exact) mass is 181 g/mol. The predicted molar refractivity (Wildman–Crippen MR) is 53.9 cm³/mol. The Morgan fingerprint density at radius 2 is 2.25 bits per heavy atom. The molecule has 0 atom stereocenters. The van der Waals surface area contributed by atoms with Crippen molar-refractivity contribution in [3.05, 3.63) is 34.1 Å². The number of allylic oxidation sites excluding steroid dienone is 2. The molecule has 1 aliphatic rings. The van der Waals surface area contributed by atoms with Crippen molar-refractivity contribution < 1.29 is 0 Å². The van der Waals surface area contributed by atoms with Crippen LogP contribution in [0.1, 0.15) is 0 Å². The summed E-state index contributed by atoms with van der Waals surface area (Å²) in [5, 5.41) is 9.09. The van der Waals surface area contributed by atoms with Gasteiger partial charge in [0.15, 0.2) is 0 Å². The summed E-state index contributed by atoms with van der Waals surface area (Å²) in [6, 6.07) is 0. The third-order valence-electron chi connectivity index (χ3n) is 1.43. The van der Waals surface area contributed by atoms with Gasteiger partial charge < -0.3 is 11.5 Å². The van der Waals surface area contributed by atoms with E-state index in [2.05, 4.69) is 0 Å². The summed E-state index contributed by atoms with van der Waals surface area (Å²) in [5.74, 6) is 0.0965. The first-order valence-electron chi connectivity index (χ1n) is 3.52. The van der Waals surface area contributed by atoms with Crippen LogP contribution in [0.15, 0.2) is 34.1 Å². The first-order chi connectivity index (χ1) is 5.74. The third kappa shape index (κ3) is 2.25. The fourth-order valence-electron chi connectivity index (χ4n) is 0.762. The van der Waals surface area contributed by atoms with E-state index in [0.717, 1.165) is 10.5 Å². The second-order valence-corrected chi connectivity index (χ2v) is 3.26. The Bertz CT molecular complexity index is 276. The van der Waals surface area contributed by atoms with E-state index in [9.17, 15) is 0 Å². The lowest BCUT2D eigenvalue weighted by Gasteiger charge is -1.96. The van der Waals surface area contributed by atoms with Gasteiger partial charge in [0.05, 0.1) is 4.91 Å². The van der Waals surface area contributed by atoms with Gasteiger partial charge >= 0.3 is 0 Å². The minimum absolute atomic E-state index is 0.0965. The molecule has 0 saturated carbocycles. The normalized spacial score (nSPS) is 16.4. The van der Waals surface area contributed by atoms with Crippen molar-refractivity contribution in [3.8, 4) is 0 Å². The molecule has 0 radical (unpaired) electrons. The van der Waals surface area contributed by atoms with E-state index in [1.54, 1.807) is 0 Å². The van der Waals surface area contributed by atoms with Crippen LogP contribution in [0, 0.1) is 5.41 Å². The summed E-state index contributed by atoms with van der Waals surface area (Å²) in [4.78, 5) is 0.759. The SMILES string of the molecule is N=C(N)C1=CC=C(CN)C=CS1. The molecule has 12 heavy (non-hydrogen) atoms. The van der Waals surface area contributed by atoms with Crippen LogP contribution < -0.4 is 11.5 Å². The molecular weight excluding hydrogens is 170 g/mol. The van der Waals surface area contributed by atoms with Gasteiger partial charge in [0.25, 0.3) is 0 Å². The maximum Gasteiger partial charge on any atom is 0.129 e. The summed E-state index contributed by atoms with van der Waals surface area (Å²) >= 11 is 1.43. The number of hydrogen-bond donors (Lipinski definition) is 3. The molecule has 0 aromatic carbocycles. The Balaban J connectivity index is 2.84. The first kappa shape index (κ1) is 9.09. The van der Waals surface area contributed by atoms with Gasteiger partial charge in [-0.1, -0.05) is 23.9 Å². The molecular formula is C8H11N3S. The zero-order valence-electron chi connectivity index (χ0n) is 6.58. The highest BCUT2D eigenvalue weighted by Gasteiger charge is 2.01. The van der Waals surface area contributed by atoms with Gasteiger partial charge in [-0.05, 0) is 17.1 Å². The van der Waals surface area contributed by atoms with Gasteiger partial charge in [-0.25, -0.2) is 0 Å². The summed E-state index contributed by atoms with van der Waals surface area (Å²) in [7, 11) is 0. The predicted octanol–water partition coefficient (Wildman–Crippen LogP) is 0.952. The molecule has 0 aromatic rings. The molecule has 0 amide bonds. The maximum atomic E-state index is 7.20. The molecule has 0 aliphatic carbocycles. The van der Waals surface area contributed by atoms with Crippen LogP contribution in [0.25, 0.3) is 0 Å². The van der Waals surface area contributed by atoms with Crippen LogP contribution in [0.3, 0.4) is 0 Å². The topological polar surface area (TPSA) is 75.9 Å². The van der Waals surface area contributed by atoms with Crippen LogP contribution in [0.5, 0.6) is 0 Å². The number of nitrogens with one attached hydrogen (secondary N) is 1. The molecule has 0 bridgehead atoms. The van der Waals surface area contributed by atoms with E-state index in [4.69, 9.17) is 16.9 Å². The van der Waals surface area contributed by atoms with E-state index >= 15 is 0 Å². The van der Waals surface area contributed by atoms with Gasteiger partial charge in [0.1, 0.15) is 5.84 Å². The highest BCUT2D eigenvalue weighted by molar-refractivity contribution is 8.06. The number of nitrogens with two attached hydrogens (primary N) is 2. The van der Waals surface area contributed by atoms with Crippen molar-refractivity contribution in [1.29, 1.82) is 5.41 Å². The number of rotatable bonds is 2. The lowest BCUT2D eigenvalue weighted by Crippen LogP contribution is -2.09. The molecule has 5 N–H and O–H groups in total. The molecule has 0 unspecified atom stereocenters. The Hall–Kier alpha value is -1.00. The molecule has 4 heteroatoms. The third-order valence-corrected chi connectivity index (χ3v) is 2.31. The minimum Gasteiger partial charge on any atom is -0.383 e. The molecule has 0 aromatic heterocycles. The molecule has 1 aliphatic heterocycles. The average Bonchev–Trinajstić information content (AvgIpc) is 2.28. The van der Waals surface area contributed by atoms with Crippen LogP contribution in [0.4, 0.5) is 0 Å². The van der Waals surface area contributed by atoms with Gasteiger partial charge in [-0.3, -0.25) is 5.41 Å². The zero-order valence-corrected chi connectivity index (χ0v) is 7.40. The Morgan fingerprint density at radius 1 is 1.50 bits per heavy atom. The Kier molecular flexibility index (Phi) is 3.13. The first-order valence-corrected chi connectivity index (χ1v) is 4.40. The van der Waals surface area contributed by atoms with Gasteiger partial charge in [-0.2, -0.15) is 0 Å². The second-order valence-electron chi connectivity index (χ2n) is 2.31. The maximum absolute atomic E-state index is 7.20. The van der Waals surface area contributed by atoms with E-state index in [1.807, 2.05) is 23.6 Å². The summed E-state index contributed by atoms with van der Waals surface area (Å²) < 4.78 is 0. The number of hydrogen-bond acceptors (Lipinski definition) is 3. The van der Waals surface area contributed by atoms with Crippen molar-refractivity contribution in [2.45, 2.75) is 0 Å². The van der Waals surface area contributed by atoms with Gasteiger partial charge in [0, 0.05) is 6.54 Å². The van der Waals surface area contributed by atoms with Crippen molar-refractivity contribution in [2.24, 2.45) is 11.5 Å². The molecule has 3 nitrogen and oxygen atoms in total. The quantitative estimate of drug-likeness (QED) is 0.438. The molecule has 0 fully saturated rings. The lowest BCUT2D eigenvalue weighted by molar-refractivity contribution is 1.19. The highest BCUT2D eigenvalue weighted by atomic mass is 32.2. The standard InChI is InChI=1S/C8H11N3S/c9-5-6-1-2-7(8(10)11)12-4-3-6/h1-4H,5,9H2,(H3,10,11). The van der Waals surface area contributed by atoms with Crippen LogP contribution >= 0.6 is 11.8 Å². The van der Waals surface area contributed by atoms with Gasteiger partial charge in [0.2, 0.25) is 0 Å². The minimum atomic E-state index is 0.0965. The van der Waals surface area contributed by atoms with E-state index in [1.165, 1.54) is 11.8 Å². The molecule has 1 rings (SSSR count). The van der Waals surface area contributed by atoms with Crippen molar-refractivity contribution >= 4 is 17.6 Å². The number of thioether (sulfide) groups is 1. The molecule has 0 saturated heterocycles. The molecule has 64 valence electrons. The fraction of sp³-hybridized carbons (Fsp3) is 0.125. The Morgan fingerprint density at radius 3 is 2.83 bits per heavy atom. The van der Waals surface area contributed by atoms with Crippen LogP contribution in [-0.2, 0) is 0 Å². The molecule has 1 heterocycles. The number of amidine groups is 1. The van der Waals surface area contributed by atoms with E-state index in [-0.39, 0.29) is 5.84 Å². The summed E-state index contributed by atoms with van der Waals surface area (Å²) in [6.07, 6.45) is 5.62. The summed E-state index contributed by atoms with van der Waals surface area (Å²) in [5.41, 5.74) is 11.8. The fourth-order valence-corrected chi connectivity index (χ4v) is 1.42. The van der Waals surface area contributed by atoms with Crippen molar-refractivity contribution in [1.82, 2.24) is 0 Å². The second kappa shape index (κ2) is 4.13. The van der Waals surface area contributed by atoms with E-state index in [0.29, 0.717) is 6.54 Å².